The Bertz CT molecular complexity index is 1790. The number of esters is 2. The fourth-order valence-corrected chi connectivity index (χ4v) is 14.3. The number of aliphatic hydroxyl groups excluding tert-OH is 6. The Hall–Kier alpha value is -2.58. The van der Waals surface area contributed by atoms with Crippen LogP contribution in [0.1, 0.15) is 416 Å². The van der Waals surface area contributed by atoms with Crippen LogP contribution >= 0.6 is 0 Å². The first-order valence-electron chi connectivity index (χ1n) is 40.0. The average molecular weight is 1320 g/mol. The van der Waals surface area contributed by atoms with Gasteiger partial charge in [-0.1, -0.05) is 345 Å². The molecule has 13 heteroatoms. The lowest BCUT2D eigenvalue weighted by atomic mass is 9.59. The van der Waals surface area contributed by atoms with Crippen LogP contribution in [-0.2, 0) is 28.5 Å². The molecule has 2 rings (SSSR count). The Kier molecular flexibility index (Phi) is 56.8. The summed E-state index contributed by atoms with van der Waals surface area (Å²) < 4.78 is 23.7. The third-order valence-corrected chi connectivity index (χ3v) is 20.4. The number of unbranched alkanes of at least 4 members (excludes halogenated alkanes) is 36. The van der Waals surface area contributed by atoms with Crippen molar-refractivity contribution in [1.82, 2.24) is 0 Å². The lowest BCUT2D eigenvalue weighted by Gasteiger charge is -2.49. The molecule has 0 bridgehead atoms. The summed E-state index contributed by atoms with van der Waals surface area (Å²) in [6, 6.07) is 0. The van der Waals surface area contributed by atoms with Crippen LogP contribution < -0.4 is 0 Å². The molecule has 0 aliphatic carbocycles. The minimum Gasteiger partial charge on any atom is -0.505 e. The SMILES string of the molecule is CCCCCCCCC(CCCCCC)(CCCCCC)C(O)(CCCCCC)CCCCCC.CCCCCCCCCC[C@]1([C@@](CCCCCC)(OCCCCCC)C(O)CCCCCC)OC(=O)C(OCCCCCC)=C1O.O=C1O[C@H]([C@@H](O)CO)C(O)=C1O. The molecule has 0 fully saturated rings. The Morgan fingerprint density at radius 2 is 0.774 bits per heavy atom. The van der Waals surface area contributed by atoms with Gasteiger partial charge in [0, 0.05) is 6.61 Å². The molecule has 0 saturated carbocycles. The molecule has 1 unspecified atom stereocenters. The molecule has 93 heavy (non-hydrogen) atoms. The lowest BCUT2D eigenvalue weighted by Crippen LogP contribution is -2.64. The van der Waals surface area contributed by atoms with Gasteiger partial charge in [-0.25, -0.2) is 9.59 Å². The average Bonchev–Trinajstić information content (AvgIpc) is 1.63. The van der Waals surface area contributed by atoms with E-state index in [1.807, 2.05) is 0 Å². The molecular weight excluding hydrogens is 1170 g/mol. The highest BCUT2D eigenvalue weighted by molar-refractivity contribution is 5.91. The summed E-state index contributed by atoms with van der Waals surface area (Å²) in [6.07, 6.45) is 58.5. The zero-order chi connectivity index (χ0) is 69.3. The topological polar surface area (TPSA) is 213 Å². The number of hydrogen-bond acceptors (Lipinski definition) is 13. The van der Waals surface area contributed by atoms with Crippen LogP contribution in [0, 0.1) is 5.41 Å². The third-order valence-electron chi connectivity index (χ3n) is 20.4. The predicted molar refractivity (Wildman–Crippen MR) is 388 cm³/mol. The summed E-state index contributed by atoms with van der Waals surface area (Å²) >= 11 is 0. The molecule has 0 aromatic heterocycles. The summed E-state index contributed by atoms with van der Waals surface area (Å²) in [5, 5.41) is 72.1. The summed E-state index contributed by atoms with van der Waals surface area (Å²) in [4.78, 5) is 24.1. The monoisotopic (exact) mass is 1320 g/mol. The van der Waals surface area contributed by atoms with Gasteiger partial charge < -0.3 is 54.7 Å². The van der Waals surface area contributed by atoms with E-state index < -0.39 is 65.2 Å². The molecule has 552 valence electrons. The highest BCUT2D eigenvalue weighted by Gasteiger charge is 2.66. The van der Waals surface area contributed by atoms with Gasteiger partial charge in [0.15, 0.2) is 17.6 Å². The van der Waals surface area contributed by atoms with Crippen LogP contribution in [0.3, 0.4) is 0 Å². The number of aliphatic hydroxyl groups is 7. The Labute approximate surface area is 573 Å². The predicted octanol–water partition coefficient (Wildman–Crippen LogP) is 22.7. The van der Waals surface area contributed by atoms with Crippen molar-refractivity contribution in [2.45, 2.75) is 451 Å². The van der Waals surface area contributed by atoms with Gasteiger partial charge in [-0.2, -0.15) is 0 Å². The zero-order valence-corrected chi connectivity index (χ0v) is 62.6. The van der Waals surface area contributed by atoms with Crippen molar-refractivity contribution < 1.29 is 64.3 Å². The molecular formula is C80H154O13. The maximum absolute atomic E-state index is 13.6. The first-order chi connectivity index (χ1) is 45.0. The number of carbonyl (C=O) groups is 2. The summed E-state index contributed by atoms with van der Waals surface area (Å²) in [7, 11) is 0. The van der Waals surface area contributed by atoms with E-state index >= 15 is 0 Å². The molecule has 0 radical (unpaired) electrons. The molecule has 0 amide bonds. The van der Waals surface area contributed by atoms with Crippen molar-refractivity contribution >= 4 is 11.9 Å². The molecule has 0 spiro atoms. The zero-order valence-electron chi connectivity index (χ0n) is 62.6. The van der Waals surface area contributed by atoms with Crippen molar-refractivity contribution in [1.29, 1.82) is 0 Å². The minimum atomic E-state index is -1.45. The van der Waals surface area contributed by atoms with Crippen molar-refractivity contribution in [2.75, 3.05) is 19.8 Å². The molecule has 2 aliphatic rings. The Balaban J connectivity index is 0.00000158. The van der Waals surface area contributed by atoms with Gasteiger partial charge in [-0.15, -0.1) is 0 Å². The van der Waals surface area contributed by atoms with E-state index in [4.69, 9.17) is 34.6 Å². The molecule has 2 heterocycles. The lowest BCUT2D eigenvalue weighted by molar-refractivity contribution is -0.239. The van der Waals surface area contributed by atoms with E-state index in [-0.39, 0.29) is 16.9 Å². The number of rotatable bonds is 63. The van der Waals surface area contributed by atoms with E-state index in [2.05, 4.69) is 74.0 Å². The number of cyclic esters (lactones) is 2. The van der Waals surface area contributed by atoms with Gasteiger partial charge >= 0.3 is 11.9 Å². The van der Waals surface area contributed by atoms with Crippen LogP contribution in [0.2, 0.25) is 0 Å². The highest BCUT2D eigenvalue weighted by Crippen LogP contribution is 2.53. The maximum Gasteiger partial charge on any atom is 0.378 e. The second-order valence-corrected chi connectivity index (χ2v) is 28.4. The number of carbonyl (C=O) groups excluding carboxylic acids is 2. The van der Waals surface area contributed by atoms with Crippen LogP contribution in [-0.4, -0.2) is 103 Å². The van der Waals surface area contributed by atoms with E-state index in [0.29, 0.717) is 32.5 Å². The Morgan fingerprint density at radius 3 is 1.17 bits per heavy atom. The van der Waals surface area contributed by atoms with Gasteiger partial charge in [0.2, 0.25) is 17.1 Å². The van der Waals surface area contributed by atoms with Crippen molar-refractivity contribution in [3.8, 4) is 0 Å². The fourth-order valence-electron chi connectivity index (χ4n) is 14.3. The van der Waals surface area contributed by atoms with Crippen molar-refractivity contribution in [3.05, 3.63) is 23.0 Å². The maximum atomic E-state index is 13.6. The first-order valence-corrected chi connectivity index (χ1v) is 40.0. The molecule has 2 aliphatic heterocycles. The normalized spacial score (nSPS) is 17.2. The van der Waals surface area contributed by atoms with Gasteiger partial charge in [0.05, 0.1) is 24.9 Å². The largest absolute Gasteiger partial charge is 0.505 e. The molecule has 0 aromatic carbocycles. The van der Waals surface area contributed by atoms with E-state index in [0.717, 1.165) is 135 Å². The quantitative estimate of drug-likeness (QED) is 0.0223. The smallest absolute Gasteiger partial charge is 0.378 e. The summed E-state index contributed by atoms with van der Waals surface area (Å²) in [6.45, 7) is 22.7. The van der Waals surface area contributed by atoms with Crippen LogP contribution in [0.15, 0.2) is 23.0 Å². The van der Waals surface area contributed by atoms with Crippen LogP contribution in [0.4, 0.5) is 0 Å². The van der Waals surface area contributed by atoms with E-state index in [1.54, 1.807) is 0 Å². The van der Waals surface area contributed by atoms with Crippen LogP contribution in [0.5, 0.6) is 0 Å². The minimum absolute atomic E-state index is 0.0678. The third kappa shape index (κ3) is 35.7. The van der Waals surface area contributed by atoms with E-state index in [9.17, 15) is 24.9 Å². The highest BCUT2D eigenvalue weighted by atomic mass is 16.6. The number of ether oxygens (including phenoxy) is 4. The second kappa shape index (κ2) is 58.4. The van der Waals surface area contributed by atoms with Crippen molar-refractivity contribution in [2.24, 2.45) is 5.41 Å². The summed E-state index contributed by atoms with van der Waals surface area (Å²) in [5.41, 5.74) is -2.98. The fraction of sp³-hybridized carbons (Fsp3) is 0.925. The Morgan fingerprint density at radius 1 is 0.430 bits per heavy atom. The van der Waals surface area contributed by atoms with Gasteiger partial charge in [0.1, 0.15) is 11.7 Å². The molecule has 0 aromatic rings. The summed E-state index contributed by atoms with van der Waals surface area (Å²) in [5.74, 6) is -3.60. The van der Waals surface area contributed by atoms with Crippen molar-refractivity contribution in [3.63, 3.8) is 0 Å². The van der Waals surface area contributed by atoms with Gasteiger partial charge in [0.25, 0.3) is 0 Å². The number of hydrogen-bond donors (Lipinski definition) is 7. The van der Waals surface area contributed by atoms with Gasteiger partial charge in [-0.3, -0.25) is 0 Å². The molecule has 5 atom stereocenters. The molecule has 13 nitrogen and oxygen atoms in total. The van der Waals surface area contributed by atoms with Gasteiger partial charge in [-0.05, 0) is 76.0 Å². The standard InChI is InChI=1S/C40H76O6.C34H70O.C6H8O6/c1-6-11-16-21-22-23-24-27-32-40(37(42)36(38(43)46-40)44-33-28-19-14-9-4)39(31-26-18-13-8-3,45-34-29-20-15-10-5)35(41)30-25-17-12-7-2;1-6-11-16-21-22-25-30-33(28-23-17-12-7-2,29-24-18-13-8-3)34(35,31-26-19-14-9-4)32-27-20-15-10-5;7-1-2(8)5-3(9)4(10)6(11)12-5/h35,41-42H,6-34H2,1-5H3;35H,6-32H2,1-5H3;2,5,7-10H,1H2/t35?,39-,40-;;2-,5+/m0.0/s1. The molecule has 0 saturated heterocycles. The second-order valence-electron chi connectivity index (χ2n) is 28.4. The van der Waals surface area contributed by atoms with Crippen LogP contribution in [0.25, 0.3) is 0 Å². The molecule has 7 N–H and O–H groups in total. The first kappa shape index (κ1) is 90.4. The van der Waals surface area contributed by atoms with E-state index in [1.165, 1.54) is 193 Å².